The molecule has 2 heterocycles. The van der Waals surface area contributed by atoms with E-state index in [1.165, 1.54) is 4.90 Å². The molecule has 40 heavy (non-hydrogen) atoms. The number of hydrogen-bond donors (Lipinski definition) is 2. The van der Waals surface area contributed by atoms with E-state index in [0.717, 1.165) is 33.3 Å². The van der Waals surface area contributed by atoms with Crippen molar-refractivity contribution >= 4 is 34.0 Å². The Morgan fingerprint density at radius 1 is 1.02 bits per heavy atom. The van der Waals surface area contributed by atoms with Crippen molar-refractivity contribution in [3.8, 4) is 5.75 Å². The molecular weight excluding hydrogens is 500 g/mol. The van der Waals surface area contributed by atoms with Crippen LogP contribution in [0.15, 0.2) is 78.5 Å². The Bertz CT molecular complexity index is 1620. The number of nitrogens with one attached hydrogen (secondary N) is 1. The molecule has 206 valence electrons. The summed E-state index contributed by atoms with van der Waals surface area (Å²) in [5.41, 5.74) is 4.51. The molecule has 1 aliphatic heterocycles. The third-order valence-electron chi connectivity index (χ3n) is 7.56. The highest BCUT2D eigenvalue weighted by Crippen LogP contribution is 2.45. The Balaban J connectivity index is 1.74. The molecule has 1 saturated heterocycles. The zero-order valence-electron chi connectivity index (χ0n) is 23.9. The Morgan fingerprint density at radius 3 is 2.38 bits per heavy atom. The van der Waals surface area contributed by atoms with Gasteiger partial charge in [-0.2, -0.15) is 0 Å². The number of para-hydroxylation sites is 1. The van der Waals surface area contributed by atoms with Gasteiger partial charge in [-0.05, 0) is 60.2 Å². The molecule has 0 bridgehead atoms. The summed E-state index contributed by atoms with van der Waals surface area (Å²) in [6, 6.07) is 20.1. The number of fused-ring (bicyclic) bond motifs is 1. The smallest absolute Gasteiger partial charge is 0.300 e. The van der Waals surface area contributed by atoms with Gasteiger partial charge in [-0.3, -0.25) is 14.5 Å². The second-order valence-corrected chi connectivity index (χ2v) is 11.6. The molecule has 1 atom stereocenters. The predicted molar refractivity (Wildman–Crippen MR) is 160 cm³/mol. The first-order valence-corrected chi connectivity index (χ1v) is 13.8. The quantitative estimate of drug-likeness (QED) is 0.151. The van der Waals surface area contributed by atoms with E-state index in [2.05, 4.69) is 39.6 Å². The lowest BCUT2D eigenvalue weighted by Crippen LogP contribution is -2.29. The van der Waals surface area contributed by atoms with Crippen LogP contribution in [-0.2, 0) is 15.0 Å². The van der Waals surface area contributed by atoms with Crippen LogP contribution in [0.2, 0.25) is 0 Å². The molecular formula is C34H36N2O4. The first-order chi connectivity index (χ1) is 19.0. The zero-order chi connectivity index (χ0) is 28.8. The molecule has 0 saturated carbocycles. The van der Waals surface area contributed by atoms with Crippen molar-refractivity contribution in [1.82, 2.24) is 4.98 Å². The van der Waals surface area contributed by atoms with Crippen LogP contribution in [0.4, 0.5) is 5.69 Å². The number of aromatic nitrogens is 1. The predicted octanol–water partition coefficient (Wildman–Crippen LogP) is 7.61. The molecule has 1 aliphatic rings. The maximum absolute atomic E-state index is 13.7. The minimum atomic E-state index is -0.814. The molecule has 0 spiro atoms. The third kappa shape index (κ3) is 4.68. The van der Waals surface area contributed by atoms with E-state index in [-0.39, 0.29) is 16.7 Å². The number of Topliss-reactive ketones (excluding diaryl/α,β-unsaturated/α-hetero) is 1. The summed E-state index contributed by atoms with van der Waals surface area (Å²) in [6.07, 6.45) is 1.82. The maximum atomic E-state index is 13.7. The molecule has 6 heteroatoms. The molecule has 0 radical (unpaired) electrons. The largest absolute Gasteiger partial charge is 0.507 e. The molecule has 6 nitrogen and oxygen atoms in total. The monoisotopic (exact) mass is 536 g/mol. The van der Waals surface area contributed by atoms with Crippen molar-refractivity contribution in [1.29, 1.82) is 0 Å². The minimum absolute atomic E-state index is 0.0618. The van der Waals surface area contributed by atoms with Gasteiger partial charge in [-0.25, -0.2) is 0 Å². The average molecular weight is 537 g/mol. The molecule has 4 aromatic rings. The fourth-order valence-electron chi connectivity index (χ4n) is 5.43. The van der Waals surface area contributed by atoms with Crippen LogP contribution in [0.5, 0.6) is 5.75 Å². The molecule has 5 rings (SSSR count). The summed E-state index contributed by atoms with van der Waals surface area (Å²) < 4.78 is 5.86. The van der Waals surface area contributed by atoms with Gasteiger partial charge in [-0.15, -0.1) is 0 Å². The second kappa shape index (κ2) is 10.3. The normalized spacial score (nSPS) is 17.3. The number of carbonyl (C=O) groups is 2. The number of ether oxygens (including phenoxy) is 1. The molecule has 1 fully saturated rings. The van der Waals surface area contributed by atoms with Gasteiger partial charge in [0, 0.05) is 39.5 Å². The Kier molecular flexibility index (Phi) is 7.05. The topological polar surface area (TPSA) is 82.6 Å². The molecule has 1 unspecified atom stereocenters. The Morgan fingerprint density at radius 2 is 1.73 bits per heavy atom. The van der Waals surface area contributed by atoms with E-state index in [0.29, 0.717) is 23.8 Å². The summed E-state index contributed by atoms with van der Waals surface area (Å²) in [4.78, 5) is 32.2. The highest BCUT2D eigenvalue weighted by atomic mass is 16.5. The first kappa shape index (κ1) is 27.3. The van der Waals surface area contributed by atoms with Crippen LogP contribution in [-0.4, -0.2) is 28.4 Å². The van der Waals surface area contributed by atoms with Crippen LogP contribution in [0.3, 0.4) is 0 Å². The number of anilines is 1. The van der Waals surface area contributed by atoms with Crippen LogP contribution in [0.1, 0.15) is 75.8 Å². The van der Waals surface area contributed by atoms with Gasteiger partial charge in [0.2, 0.25) is 0 Å². The van der Waals surface area contributed by atoms with Gasteiger partial charge in [0.1, 0.15) is 11.5 Å². The number of aliphatic hydroxyl groups is 1. The van der Waals surface area contributed by atoms with Crippen molar-refractivity contribution in [3.63, 3.8) is 0 Å². The summed E-state index contributed by atoms with van der Waals surface area (Å²) in [5, 5.41) is 12.7. The number of nitrogens with zero attached hydrogens (tertiary/aromatic N) is 1. The van der Waals surface area contributed by atoms with Crippen molar-refractivity contribution < 1.29 is 19.4 Å². The van der Waals surface area contributed by atoms with Crippen molar-refractivity contribution in [2.24, 2.45) is 0 Å². The number of benzene rings is 3. The van der Waals surface area contributed by atoms with Gasteiger partial charge in [0.15, 0.2) is 0 Å². The lowest BCUT2D eigenvalue weighted by atomic mass is 9.84. The van der Waals surface area contributed by atoms with E-state index < -0.39 is 17.7 Å². The van der Waals surface area contributed by atoms with Gasteiger partial charge >= 0.3 is 0 Å². The number of H-pyrrole nitrogens is 1. The third-order valence-corrected chi connectivity index (χ3v) is 7.56. The molecule has 0 aliphatic carbocycles. The average Bonchev–Trinajstić information content (AvgIpc) is 3.46. The number of rotatable bonds is 6. The maximum Gasteiger partial charge on any atom is 0.300 e. The molecule has 1 amide bonds. The van der Waals surface area contributed by atoms with Gasteiger partial charge in [0.25, 0.3) is 11.7 Å². The van der Waals surface area contributed by atoms with Crippen LogP contribution in [0.25, 0.3) is 16.7 Å². The highest BCUT2D eigenvalue weighted by Gasteiger charge is 2.47. The number of aromatic amines is 1. The number of carbonyl (C=O) groups excluding carboxylic acids is 2. The molecule has 1 aromatic heterocycles. The number of amides is 1. The summed E-state index contributed by atoms with van der Waals surface area (Å²) >= 11 is 0. The fraction of sp³-hybridized carbons (Fsp3) is 0.294. The summed E-state index contributed by atoms with van der Waals surface area (Å²) in [6.45, 7) is 12.9. The SMILES string of the molecule is CCOc1ccc(/C(O)=C2\C(=O)C(=O)N(c3ccc(C(C)C)cc3)C2c2c[nH]c3ccccc23)cc1C(C)(C)C. The summed E-state index contributed by atoms with van der Waals surface area (Å²) in [5.74, 6) is -0.539. The standard InChI is InChI=1S/C34H36N2O4/c1-7-40-28-17-14-22(18-26(28)34(4,5)6)31(37)29-30(25-19-35-27-11-9-8-10-24(25)27)36(33(39)32(29)38)23-15-12-21(13-16-23)20(2)3/h8-20,30,35,37H,7H2,1-6H3/b31-29+. The van der Waals surface area contributed by atoms with Gasteiger partial charge < -0.3 is 14.8 Å². The van der Waals surface area contributed by atoms with Crippen molar-refractivity contribution in [2.75, 3.05) is 11.5 Å². The second-order valence-electron chi connectivity index (χ2n) is 11.6. The van der Waals surface area contributed by atoms with Crippen LogP contribution >= 0.6 is 0 Å². The van der Waals surface area contributed by atoms with E-state index in [4.69, 9.17) is 4.74 Å². The van der Waals surface area contributed by atoms with E-state index >= 15 is 0 Å². The first-order valence-electron chi connectivity index (χ1n) is 13.8. The Hall–Kier alpha value is -4.32. The Labute approximate surface area is 235 Å². The van der Waals surface area contributed by atoms with Gasteiger partial charge in [-0.1, -0.05) is 65.0 Å². The van der Waals surface area contributed by atoms with Crippen molar-refractivity contribution in [3.05, 3.63) is 101 Å². The van der Waals surface area contributed by atoms with Gasteiger partial charge in [0.05, 0.1) is 18.2 Å². The summed E-state index contributed by atoms with van der Waals surface area (Å²) in [7, 11) is 0. The van der Waals surface area contributed by atoms with Crippen LogP contribution < -0.4 is 9.64 Å². The lowest BCUT2D eigenvalue weighted by molar-refractivity contribution is -0.132. The van der Waals surface area contributed by atoms with E-state index in [9.17, 15) is 14.7 Å². The zero-order valence-corrected chi connectivity index (χ0v) is 23.9. The lowest BCUT2D eigenvalue weighted by Gasteiger charge is -2.26. The number of ketones is 1. The molecule has 3 aromatic carbocycles. The number of hydrogen-bond acceptors (Lipinski definition) is 4. The molecule has 2 N–H and O–H groups in total. The van der Waals surface area contributed by atoms with E-state index in [1.807, 2.05) is 73.8 Å². The van der Waals surface area contributed by atoms with E-state index in [1.54, 1.807) is 6.07 Å². The highest BCUT2D eigenvalue weighted by molar-refractivity contribution is 6.51. The fourth-order valence-corrected chi connectivity index (χ4v) is 5.43. The van der Waals surface area contributed by atoms with Crippen molar-refractivity contribution in [2.45, 2.75) is 58.9 Å². The minimum Gasteiger partial charge on any atom is -0.507 e. The number of aliphatic hydroxyl groups excluding tert-OH is 1. The van der Waals surface area contributed by atoms with Crippen LogP contribution in [0, 0.1) is 0 Å².